The summed E-state index contributed by atoms with van der Waals surface area (Å²) in [6.07, 6.45) is 0.887. The lowest BCUT2D eigenvalue weighted by molar-refractivity contribution is -0.147. The summed E-state index contributed by atoms with van der Waals surface area (Å²) < 4.78 is 40.0. The minimum Gasteiger partial charge on any atom is -0.465 e. The van der Waals surface area contributed by atoms with Crippen molar-refractivity contribution in [2.24, 2.45) is 0 Å². The molecule has 6 aromatic rings. The van der Waals surface area contributed by atoms with Gasteiger partial charge in [0.25, 0.3) is 0 Å². The van der Waals surface area contributed by atoms with Crippen LogP contribution in [0.2, 0.25) is 0 Å². The number of esters is 1. The number of hydrogen-bond acceptors (Lipinski definition) is 5. The maximum Gasteiger partial charge on any atom is 0.324 e. The summed E-state index contributed by atoms with van der Waals surface area (Å²) in [5, 5.41) is 1.06. The van der Waals surface area contributed by atoms with Crippen molar-refractivity contribution >= 4 is 27.0 Å². The highest BCUT2D eigenvalue weighted by atomic mass is 32.2. The third kappa shape index (κ3) is 6.52. The van der Waals surface area contributed by atoms with Crippen molar-refractivity contribution in [3.63, 3.8) is 0 Å². The largest absolute Gasteiger partial charge is 0.465 e. The van der Waals surface area contributed by atoms with Crippen molar-refractivity contribution in [2.45, 2.75) is 30.7 Å². The average molecular weight is 630 g/mol. The molecule has 0 N–H and O–H groups in total. The summed E-state index contributed by atoms with van der Waals surface area (Å²) in [7, 11) is -2.56. The number of ether oxygens (including phenoxy) is 1. The van der Waals surface area contributed by atoms with Gasteiger partial charge in [-0.1, -0.05) is 115 Å². The molecule has 1 aromatic heterocycles. The fraction of sp³-hybridized carbons (Fsp3) is 0.154. The van der Waals surface area contributed by atoms with Crippen molar-refractivity contribution in [3.05, 3.63) is 150 Å². The fourth-order valence-electron chi connectivity index (χ4n) is 5.74. The Kier molecular flexibility index (Phi) is 9.15. The monoisotopic (exact) mass is 629 g/mol. The molecule has 0 saturated heterocycles. The molecule has 6 nitrogen and oxygen atoms in total. The van der Waals surface area contributed by atoms with Crippen LogP contribution >= 0.6 is 0 Å². The maximum atomic E-state index is 13.7. The fourth-order valence-corrected chi connectivity index (χ4v) is 7.05. The molecule has 0 aliphatic rings. The minimum atomic E-state index is -3.99. The number of benzene rings is 5. The Morgan fingerprint density at radius 2 is 1.26 bits per heavy atom. The molecule has 0 aliphatic heterocycles. The predicted octanol–water partition coefficient (Wildman–Crippen LogP) is 8.15. The lowest BCUT2D eigenvalue weighted by atomic mass is 9.96. The molecular weight excluding hydrogens is 594 g/mol. The summed E-state index contributed by atoms with van der Waals surface area (Å²) >= 11 is 0. The molecule has 0 spiro atoms. The van der Waals surface area contributed by atoms with Crippen LogP contribution in [0.4, 0.5) is 0 Å². The molecule has 6 rings (SSSR count). The molecular formula is C39H35NO5S. The van der Waals surface area contributed by atoms with E-state index >= 15 is 0 Å². The first-order chi connectivity index (χ1) is 22.3. The Labute approximate surface area is 269 Å². The number of likely N-dealkylation sites (N-methyl/N-ethyl adjacent to an activating group) is 1. The molecule has 0 saturated carbocycles. The Balaban J connectivity index is 1.25. The van der Waals surface area contributed by atoms with E-state index in [9.17, 15) is 13.2 Å². The molecule has 46 heavy (non-hydrogen) atoms. The molecule has 0 radical (unpaired) electrons. The normalized spacial score (nSPS) is 12.3. The van der Waals surface area contributed by atoms with Crippen LogP contribution in [0.15, 0.2) is 143 Å². The van der Waals surface area contributed by atoms with E-state index in [4.69, 9.17) is 9.15 Å². The molecule has 0 fully saturated rings. The molecule has 1 atom stereocenters. The van der Waals surface area contributed by atoms with Crippen LogP contribution in [-0.2, 0) is 32.4 Å². The highest BCUT2D eigenvalue weighted by Gasteiger charge is 2.34. The number of nitrogens with zero attached hydrogens (tertiary/aromatic N) is 1. The zero-order chi connectivity index (χ0) is 32.1. The Morgan fingerprint density at radius 3 is 1.89 bits per heavy atom. The smallest absolute Gasteiger partial charge is 0.324 e. The van der Waals surface area contributed by atoms with Gasteiger partial charge in [-0.3, -0.25) is 4.79 Å². The summed E-state index contributed by atoms with van der Waals surface area (Å²) in [5.74, 6) is 0.332. The van der Waals surface area contributed by atoms with E-state index in [2.05, 4.69) is 30.3 Å². The van der Waals surface area contributed by atoms with Gasteiger partial charge >= 0.3 is 5.97 Å². The molecule has 0 bridgehead atoms. The molecule has 5 aromatic carbocycles. The molecule has 7 heteroatoms. The van der Waals surface area contributed by atoms with E-state index in [1.54, 1.807) is 31.2 Å². The number of carbonyl (C=O) groups excluding carboxylic acids is 1. The number of para-hydroxylation sites is 1. The lowest BCUT2D eigenvalue weighted by Gasteiger charge is -2.26. The molecule has 1 heterocycles. The molecule has 0 amide bonds. The Hall–Kier alpha value is -4.98. The first-order valence-corrected chi connectivity index (χ1v) is 16.7. The van der Waals surface area contributed by atoms with E-state index in [1.807, 2.05) is 78.9 Å². The van der Waals surface area contributed by atoms with Crippen LogP contribution in [-0.4, -0.2) is 38.4 Å². The van der Waals surface area contributed by atoms with Gasteiger partial charge in [0.2, 0.25) is 10.0 Å². The minimum absolute atomic E-state index is 0.105. The third-order valence-corrected chi connectivity index (χ3v) is 10.1. The third-order valence-electron chi connectivity index (χ3n) is 8.18. The Bertz CT molecular complexity index is 2040. The van der Waals surface area contributed by atoms with Crippen molar-refractivity contribution < 1.29 is 22.4 Å². The topological polar surface area (TPSA) is 76.8 Å². The van der Waals surface area contributed by atoms with Gasteiger partial charge < -0.3 is 9.15 Å². The summed E-state index contributed by atoms with van der Waals surface area (Å²) in [6, 6.07) is 41.7. The average Bonchev–Trinajstić information content (AvgIpc) is 3.45. The van der Waals surface area contributed by atoms with Crippen LogP contribution in [0.25, 0.3) is 33.2 Å². The second-order valence-electron chi connectivity index (χ2n) is 11.1. The number of furan rings is 1. The van der Waals surface area contributed by atoms with E-state index in [0.29, 0.717) is 6.42 Å². The summed E-state index contributed by atoms with van der Waals surface area (Å²) in [6.45, 7) is 1.87. The van der Waals surface area contributed by atoms with Gasteiger partial charge in [0.1, 0.15) is 17.4 Å². The SMILES string of the molecule is CCOC(=O)C(Cc1ccccc1)N(C)S(=O)(=O)c1ccc(-c2ccc(-c3c(Cc4ccccc4)oc4ccccc34)cc2)cc1. The second kappa shape index (κ2) is 13.6. The Morgan fingerprint density at radius 1 is 0.717 bits per heavy atom. The van der Waals surface area contributed by atoms with Crippen LogP contribution in [0.1, 0.15) is 23.8 Å². The first kappa shape index (κ1) is 31.0. The molecule has 232 valence electrons. The zero-order valence-corrected chi connectivity index (χ0v) is 26.6. The van der Waals surface area contributed by atoms with Crippen molar-refractivity contribution in [2.75, 3.05) is 13.7 Å². The van der Waals surface area contributed by atoms with Gasteiger partial charge in [0.05, 0.1) is 11.5 Å². The van der Waals surface area contributed by atoms with E-state index in [-0.39, 0.29) is 17.9 Å². The maximum absolute atomic E-state index is 13.7. The van der Waals surface area contributed by atoms with Crippen LogP contribution in [0, 0.1) is 0 Å². The van der Waals surface area contributed by atoms with Gasteiger partial charge in [-0.25, -0.2) is 8.42 Å². The number of hydrogen-bond donors (Lipinski definition) is 0. The van der Waals surface area contributed by atoms with Gasteiger partial charge in [-0.2, -0.15) is 4.31 Å². The zero-order valence-electron chi connectivity index (χ0n) is 25.8. The van der Waals surface area contributed by atoms with E-state index in [1.165, 1.54) is 12.6 Å². The standard InChI is InChI=1S/C39H35NO5S/c1-3-44-39(41)35(26-28-12-6-4-7-13-28)40(2)46(42,43)33-24-22-31(23-25-33)30-18-20-32(21-19-30)38-34-16-10-11-17-36(34)45-37(38)27-29-14-8-5-9-15-29/h4-25,35H,3,26-27H2,1-2H3. The van der Waals surface area contributed by atoms with E-state index < -0.39 is 22.0 Å². The van der Waals surface area contributed by atoms with Gasteiger partial charge in [0.15, 0.2) is 0 Å². The second-order valence-corrected chi connectivity index (χ2v) is 13.1. The molecule has 0 aliphatic carbocycles. The van der Waals surface area contributed by atoms with Crippen LogP contribution in [0.3, 0.4) is 0 Å². The van der Waals surface area contributed by atoms with Crippen molar-refractivity contribution in [1.29, 1.82) is 0 Å². The quantitative estimate of drug-likeness (QED) is 0.135. The van der Waals surface area contributed by atoms with Crippen LogP contribution in [0.5, 0.6) is 0 Å². The predicted molar refractivity (Wildman–Crippen MR) is 182 cm³/mol. The number of rotatable bonds is 11. The van der Waals surface area contributed by atoms with Crippen molar-refractivity contribution in [3.8, 4) is 22.3 Å². The number of carbonyl (C=O) groups is 1. The molecule has 1 unspecified atom stereocenters. The number of fused-ring (bicyclic) bond motifs is 1. The lowest BCUT2D eigenvalue weighted by Crippen LogP contribution is -2.44. The summed E-state index contributed by atoms with van der Waals surface area (Å²) in [4.78, 5) is 13.0. The number of sulfonamides is 1. The van der Waals surface area contributed by atoms with Crippen LogP contribution < -0.4 is 0 Å². The first-order valence-electron chi connectivity index (χ1n) is 15.3. The highest BCUT2D eigenvalue weighted by molar-refractivity contribution is 7.89. The van der Waals surface area contributed by atoms with Crippen molar-refractivity contribution in [1.82, 2.24) is 4.31 Å². The van der Waals surface area contributed by atoms with Gasteiger partial charge in [0, 0.05) is 24.4 Å². The summed E-state index contributed by atoms with van der Waals surface area (Å²) in [5.41, 5.74) is 6.81. The highest BCUT2D eigenvalue weighted by Crippen LogP contribution is 2.37. The van der Waals surface area contributed by atoms with Gasteiger partial charge in [-0.15, -0.1) is 0 Å². The van der Waals surface area contributed by atoms with Gasteiger partial charge in [-0.05, 0) is 59.4 Å². The van der Waals surface area contributed by atoms with E-state index in [0.717, 1.165) is 48.9 Å².